The highest BCUT2D eigenvalue weighted by Crippen LogP contribution is 2.24. The number of methoxy groups -OCH3 is 1. The standard InChI is InChI=1S/C21H21FN4O/c1-27-18-6-7-19(22)15(10-18)12-26-9-8-20-16(13-26)11-24-21(25-20)14-2-4-17(23)5-3-14/h2-7,10-11H,8-9,12-13,23H2,1H3. The largest absolute Gasteiger partial charge is 0.497 e. The van der Waals surface area contributed by atoms with E-state index in [4.69, 9.17) is 15.5 Å². The van der Waals surface area contributed by atoms with Crippen LogP contribution in [0.2, 0.25) is 0 Å². The summed E-state index contributed by atoms with van der Waals surface area (Å²) in [6.07, 6.45) is 2.69. The van der Waals surface area contributed by atoms with Crippen LogP contribution in [0.4, 0.5) is 10.1 Å². The number of halogens is 1. The van der Waals surface area contributed by atoms with E-state index in [-0.39, 0.29) is 5.82 Å². The Morgan fingerprint density at radius 3 is 2.78 bits per heavy atom. The highest BCUT2D eigenvalue weighted by atomic mass is 19.1. The molecule has 1 aliphatic rings. The van der Waals surface area contributed by atoms with Crippen LogP contribution < -0.4 is 10.5 Å². The van der Waals surface area contributed by atoms with Crippen LogP contribution in [0.1, 0.15) is 16.8 Å². The van der Waals surface area contributed by atoms with Crippen LogP contribution in [0, 0.1) is 5.82 Å². The first-order valence-electron chi connectivity index (χ1n) is 8.88. The highest BCUT2D eigenvalue weighted by molar-refractivity contribution is 5.58. The van der Waals surface area contributed by atoms with Crippen LogP contribution in [0.3, 0.4) is 0 Å². The van der Waals surface area contributed by atoms with Gasteiger partial charge in [-0.15, -0.1) is 0 Å². The third-order valence-electron chi connectivity index (χ3n) is 4.83. The molecule has 2 N–H and O–H groups in total. The van der Waals surface area contributed by atoms with Gasteiger partial charge >= 0.3 is 0 Å². The van der Waals surface area contributed by atoms with Gasteiger partial charge in [0.05, 0.1) is 12.8 Å². The molecule has 6 heteroatoms. The van der Waals surface area contributed by atoms with E-state index in [2.05, 4.69) is 9.88 Å². The van der Waals surface area contributed by atoms with Gasteiger partial charge in [-0.2, -0.15) is 0 Å². The van der Waals surface area contributed by atoms with Crippen molar-refractivity contribution in [3.63, 3.8) is 0 Å². The summed E-state index contributed by atoms with van der Waals surface area (Å²) < 4.78 is 19.3. The van der Waals surface area contributed by atoms with Crippen molar-refractivity contribution in [2.75, 3.05) is 19.4 Å². The van der Waals surface area contributed by atoms with E-state index >= 15 is 0 Å². The van der Waals surface area contributed by atoms with Crippen LogP contribution in [-0.4, -0.2) is 28.5 Å². The second-order valence-corrected chi connectivity index (χ2v) is 6.71. The summed E-state index contributed by atoms with van der Waals surface area (Å²) in [6, 6.07) is 12.4. The summed E-state index contributed by atoms with van der Waals surface area (Å²) in [4.78, 5) is 11.4. The molecule has 2 aromatic carbocycles. The maximum absolute atomic E-state index is 14.1. The zero-order chi connectivity index (χ0) is 18.8. The molecule has 5 nitrogen and oxygen atoms in total. The predicted octanol–water partition coefficient (Wildman–Crippen LogP) is 3.43. The van der Waals surface area contributed by atoms with E-state index in [1.165, 1.54) is 6.07 Å². The van der Waals surface area contributed by atoms with Crippen molar-refractivity contribution in [3.8, 4) is 17.1 Å². The van der Waals surface area contributed by atoms with Gasteiger partial charge in [0.15, 0.2) is 5.82 Å². The van der Waals surface area contributed by atoms with Crippen molar-refractivity contribution in [1.29, 1.82) is 0 Å². The van der Waals surface area contributed by atoms with Crippen LogP contribution in [0.5, 0.6) is 5.75 Å². The Bertz CT molecular complexity index is 959. The Morgan fingerprint density at radius 1 is 1.19 bits per heavy atom. The lowest BCUT2D eigenvalue weighted by Crippen LogP contribution is -2.31. The zero-order valence-electron chi connectivity index (χ0n) is 15.2. The summed E-state index contributed by atoms with van der Waals surface area (Å²) in [5.41, 5.74) is 10.2. The van der Waals surface area contributed by atoms with Gasteiger partial charge < -0.3 is 10.5 Å². The first kappa shape index (κ1) is 17.4. The smallest absolute Gasteiger partial charge is 0.159 e. The molecule has 0 amide bonds. The lowest BCUT2D eigenvalue weighted by molar-refractivity contribution is 0.239. The normalized spacial score (nSPS) is 14.0. The first-order valence-corrected chi connectivity index (χ1v) is 8.88. The topological polar surface area (TPSA) is 64.3 Å². The quantitative estimate of drug-likeness (QED) is 0.719. The minimum atomic E-state index is -0.212. The summed E-state index contributed by atoms with van der Waals surface area (Å²) in [5.74, 6) is 1.16. The fourth-order valence-corrected chi connectivity index (χ4v) is 3.32. The Morgan fingerprint density at radius 2 is 2.00 bits per heavy atom. The second-order valence-electron chi connectivity index (χ2n) is 6.71. The third kappa shape index (κ3) is 3.75. The predicted molar refractivity (Wildman–Crippen MR) is 103 cm³/mol. The molecule has 0 saturated heterocycles. The van der Waals surface area contributed by atoms with Crippen LogP contribution in [0.25, 0.3) is 11.4 Å². The van der Waals surface area contributed by atoms with Crippen molar-refractivity contribution < 1.29 is 9.13 Å². The van der Waals surface area contributed by atoms with E-state index < -0.39 is 0 Å². The van der Waals surface area contributed by atoms with Gasteiger partial charge in [0.25, 0.3) is 0 Å². The number of rotatable bonds is 4. The number of fused-ring (bicyclic) bond motifs is 1. The molecule has 0 spiro atoms. The van der Waals surface area contributed by atoms with Gasteiger partial charge in [-0.05, 0) is 42.5 Å². The Labute approximate surface area is 157 Å². The zero-order valence-corrected chi connectivity index (χ0v) is 15.2. The third-order valence-corrected chi connectivity index (χ3v) is 4.83. The molecule has 1 aliphatic heterocycles. The molecule has 0 saturated carbocycles. The van der Waals surface area contributed by atoms with E-state index in [0.29, 0.717) is 30.2 Å². The Balaban J connectivity index is 1.51. The number of hydrogen-bond acceptors (Lipinski definition) is 5. The SMILES string of the molecule is COc1ccc(F)c(CN2CCc3nc(-c4ccc(N)cc4)ncc3C2)c1. The molecule has 27 heavy (non-hydrogen) atoms. The van der Waals surface area contributed by atoms with Crippen molar-refractivity contribution in [2.24, 2.45) is 0 Å². The van der Waals surface area contributed by atoms with Gasteiger partial charge in [0, 0.05) is 54.6 Å². The molecule has 138 valence electrons. The fraction of sp³-hybridized carbons (Fsp3) is 0.238. The number of nitrogen functional groups attached to an aromatic ring is 1. The molecule has 0 radical (unpaired) electrons. The highest BCUT2D eigenvalue weighted by Gasteiger charge is 2.20. The summed E-state index contributed by atoms with van der Waals surface area (Å²) in [6.45, 7) is 2.05. The van der Waals surface area contributed by atoms with E-state index in [1.54, 1.807) is 19.2 Å². The maximum Gasteiger partial charge on any atom is 0.159 e. The van der Waals surface area contributed by atoms with Crippen molar-refractivity contribution in [1.82, 2.24) is 14.9 Å². The molecule has 0 unspecified atom stereocenters. The number of anilines is 1. The lowest BCUT2D eigenvalue weighted by atomic mass is 10.1. The molecule has 2 heterocycles. The monoisotopic (exact) mass is 364 g/mol. The molecule has 0 atom stereocenters. The van der Waals surface area contributed by atoms with Crippen LogP contribution >= 0.6 is 0 Å². The molecule has 1 aromatic heterocycles. The summed E-state index contributed by atoms with van der Waals surface area (Å²) in [7, 11) is 1.59. The molecular formula is C21H21FN4O. The van der Waals surface area contributed by atoms with Gasteiger partial charge in [-0.3, -0.25) is 4.90 Å². The molecule has 0 aliphatic carbocycles. The minimum absolute atomic E-state index is 0.212. The molecule has 4 rings (SSSR count). The Kier molecular flexibility index (Phi) is 4.73. The number of hydrogen-bond donors (Lipinski definition) is 1. The number of ether oxygens (including phenoxy) is 1. The van der Waals surface area contributed by atoms with Crippen LogP contribution in [0.15, 0.2) is 48.7 Å². The summed E-state index contributed by atoms with van der Waals surface area (Å²) >= 11 is 0. The van der Waals surface area contributed by atoms with E-state index in [1.807, 2.05) is 30.5 Å². The molecular weight excluding hydrogens is 343 g/mol. The van der Waals surface area contributed by atoms with Gasteiger partial charge in [-0.1, -0.05) is 0 Å². The van der Waals surface area contributed by atoms with Gasteiger partial charge in [-0.25, -0.2) is 14.4 Å². The average Bonchev–Trinajstić information content (AvgIpc) is 2.70. The van der Waals surface area contributed by atoms with Crippen molar-refractivity contribution >= 4 is 5.69 Å². The van der Waals surface area contributed by atoms with E-state index in [9.17, 15) is 4.39 Å². The number of nitrogens with zero attached hydrogens (tertiary/aromatic N) is 3. The van der Waals surface area contributed by atoms with Gasteiger partial charge in [0.2, 0.25) is 0 Å². The fourth-order valence-electron chi connectivity index (χ4n) is 3.32. The molecule has 0 fully saturated rings. The number of nitrogens with two attached hydrogens (primary N) is 1. The second kappa shape index (κ2) is 7.32. The van der Waals surface area contributed by atoms with Gasteiger partial charge in [0.1, 0.15) is 11.6 Å². The molecule has 3 aromatic rings. The Hall–Kier alpha value is -2.99. The molecule has 0 bridgehead atoms. The van der Waals surface area contributed by atoms with Crippen molar-refractivity contribution in [3.05, 3.63) is 71.3 Å². The van der Waals surface area contributed by atoms with E-state index in [0.717, 1.165) is 35.5 Å². The summed E-state index contributed by atoms with van der Waals surface area (Å²) in [5, 5.41) is 0. The van der Waals surface area contributed by atoms with Crippen LogP contribution in [-0.2, 0) is 19.5 Å². The average molecular weight is 364 g/mol. The number of benzene rings is 2. The first-order chi connectivity index (χ1) is 13.1. The lowest BCUT2D eigenvalue weighted by Gasteiger charge is -2.28. The number of aromatic nitrogens is 2. The maximum atomic E-state index is 14.1. The van der Waals surface area contributed by atoms with Crippen molar-refractivity contribution in [2.45, 2.75) is 19.5 Å². The minimum Gasteiger partial charge on any atom is -0.497 e.